The normalized spacial score (nSPS) is 11.3. The van der Waals surface area contributed by atoms with Gasteiger partial charge >= 0.3 is 0 Å². The van der Waals surface area contributed by atoms with Crippen LogP contribution in [0.25, 0.3) is 0 Å². The van der Waals surface area contributed by atoms with Gasteiger partial charge in [0.1, 0.15) is 0 Å². The van der Waals surface area contributed by atoms with E-state index in [-0.39, 0.29) is 5.78 Å². The highest BCUT2D eigenvalue weighted by Crippen LogP contribution is 1.98. The lowest BCUT2D eigenvalue weighted by molar-refractivity contribution is -0.112. The molecule has 0 radical (unpaired) electrons. The first-order valence-corrected chi connectivity index (χ1v) is 4.84. The van der Waals surface area contributed by atoms with Gasteiger partial charge in [0.2, 0.25) is 0 Å². The molecule has 0 N–H and O–H groups in total. The maximum atomic E-state index is 10.6. The largest absolute Gasteiger partial charge is 0.295 e. The zero-order chi connectivity index (χ0) is 11.4. The lowest BCUT2D eigenvalue weighted by atomic mass is 10.2. The van der Waals surface area contributed by atoms with Crippen LogP contribution in [0.5, 0.6) is 0 Å². The van der Waals surface area contributed by atoms with Gasteiger partial charge in [0.25, 0.3) is 0 Å². The molecule has 0 aliphatic rings. The minimum atomic E-state index is 0.0447. The van der Waals surface area contributed by atoms with Gasteiger partial charge in [0, 0.05) is 0 Å². The van der Waals surface area contributed by atoms with Crippen molar-refractivity contribution in [2.45, 2.75) is 27.7 Å². The number of rotatable bonds is 4. The molecule has 14 heavy (non-hydrogen) atoms. The van der Waals surface area contributed by atoms with E-state index < -0.39 is 0 Å². The molecule has 0 saturated heterocycles. The fourth-order valence-corrected chi connectivity index (χ4v) is 0.613. The van der Waals surface area contributed by atoms with Crippen LogP contribution < -0.4 is 0 Å². The van der Waals surface area contributed by atoms with Gasteiger partial charge < -0.3 is 0 Å². The summed E-state index contributed by atoms with van der Waals surface area (Å²) in [5.41, 5.74) is 0.934. The van der Waals surface area contributed by atoms with E-state index >= 15 is 0 Å². The maximum Gasteiger partial charge on any atom is 0.152 e. The van der Waals surface area contributed by atoms with E-state index in [0.717, 1.165) is 5.57 Å². The summed E-state index contributed by atoms with van der Waals surface area (Å²) in [6.07, 6.45) is 10.7. The minimum absolute atomic E-state index is 0.0447. The van der Waals surface area contributed by atoms with Crippen molar-refractivity contribution in [1.82, 2.24) is 0 Å². The lowest BCUT2D eigenvalue weighted by Crippen LogP contribution is -1.80. The molecular weight excluding hydrogens is 172 g/mol. The number of ketones is 1. The van der Waals surface area contributed by atoms with E-state index in [1.54, 1.807) is 12.2 Å². The van der Waals surface area contributed by atoms with Crippen LogP contribution in [0.4, 0.5) is 0 Å². The maximum absolute atomic E-state index is 10.6. The predicted molar refractivity (Wildman–Crippen MR) is 64.3 cm³/mol. The van der Waals surface area contributed by atoms with Crippen LogP contribution >= 0.6 is 0 Å². The first kappa shape index (κ1) is 15.1. The van der Waals surface area contributed by atoms with Gasteiger partial charge in [-0.3, -0.25) is 4.79 Å². The fraction of sp³-hybridized carbons (Fsp3) is 0.308. The lowest BCUT2D eigenvalue weighted by Gasteiger charge is -1.88. The van der Waals surface area contributed by atoms with Crippen LogP contribution in [-0.2, 0) is 4.79 Å². The topological polar surface area (TPSA) is 17.1 Å². The van der Waals surface area contributed by atoms with Crippen molar-refractivity contribution in [3.8, 4) is 0 Å². The molecule has 0 aliphatic carbocycles. The van der Waals surface area contributed by atoms with Crippen molar-refractivity contribution < 1.29 is 4.79 Å². The molecule has 0 aromatic heterocycles. The third kappa shape index (κ3) is 10.6. The Bertz CT molecular complexity index is 242. The molecule has 0 amide bonds. The summed E-state index contributed by atoms with van der Waals surface area (Å²) >= 11 is 0. The van der Waals surface area contributed by atoms with E-state index in [9.17, 15) is 4.79 Å². The molecule has 1 heteroatoms. The van der Waals surface area contributed by atoms with Crippen molar-refractivity contribution in [2.75, 3.05) is 0 Å². The van der Waals surface area contributed by atoms with Gasteiger partial charge in [0.15, 0.2) is 5.78 Å². The van der Waals surface area contributed by atoms with Crippen LogP contribution in [0.3, 0.4) is 0 Å². The Morgan fingerprint density at radius 2 is 1.79 bits per heavy atom. The van der Waals surface area contributed by atoms with E-state index in [4.69, 9.17) is 0 Å². The zero-order valence-corrected chi connectivity index (χ0v) is 9.58. The van der Waals surface area contributed by atoms with Crippen LogP contribution in [0, 0.1) is 0 Å². The van der Waals surface area contributed by atoms with E-state index in [2.05, 4.69) is 6.58 Å². The van der Waals surface area contributed by atoms with Crippen molar-refractivity contribution in [3.63, 3.8) is 0 Å². The minimum Gasteiger partial charge on any atom is -0.295 e. The van der Waals surface area contributed by atoms with Crippen molar-refractivity contribution in [3.05, 3.63) is 48.6 Å². The standard InChI is InChI=1S/C11H14O.C2H6/c1-4-6-7-11(5-2)9-8-10(3)12;1-2/h4-9H,2H2,1,3H3;1-2H3/b6-4-,9-8+,11-7+;. The average molecular weight is 192 g/mol. The van der Waals surface area contributed by atoms with E-state index in [1.807, 2.05) is 39.0 Å². The van der Waals surface area contributed by atoms with Crippen molar-refractivity contribution >= 4 is 5.78 Å². The third-order valence-electron chi connectivity index (χ3n) is 1.23. The molecule has 0 rings (SSSR count). The molecule has 0 bridgehead atoms. The molecule has 78 valence electrons. The van der Waals surface area contributed by atoms with Gasteiger partial charge in [-0.15, -0.1) is 0 Å². The Morgan fingerprint density at radius 3 is 2.14 bits per heavy atom. The number of carbonyl (C=O) groups is 1. The molecule has 0 unspecified atom stereocenters. The van der Waals surface area contributed by atoms with Crippen LogP contribution in [0.15, 0.2) is 48.6 Å². The molecule has 0 fully saturated rings. The highest BCUT2D eigenvalue weighted by molar-refractivity contribution is 5.87. The molecule has 0 heterocycles. The quantitative estimate of drug-likeness (QED) is 0.488. The first-order chi connectivity index (χ1) is 6.70. The van der Waals surface area contributed by atoms with Gasteiger partial charge in [-0.2, -0.15) is 0 Å². The van der Waals surface area contributed by atoms with Crippen molar-refractivity contribution in [2.24, 2.45) is 0 Å². The summed E-state index contributed by atoms with van der Waals surface area (Å²) < 4.78 is 0. The zero-order valence-electron chi connectivity index (χ0n) is 9.58. The van der Waals surface area contributed by atoms with Gasteiger partial charge in [-0.25, -0.2) is 0 Å². The summed E-state index contributed by atoms with van der Waals surface area (Å²) in [6.45, 7) is 11.1. The fourth-order valence-electron chi connectivity index (χ4n) is 0.613. The number of carbonyl (C=O) groups excluding carboxylic acids is 1. The Kier molecular flexibility index (Phi) is 12.6. The molecule has 0 saturated carbocycles. The predicted octanol–water partition coefficient (Wildman–Crippen LogP) is 3.85. The van der Waals surface area contributed by atoms with Crippen molar-refractivity contribution in [1.29, 1.82) is 0 Å². The second-order valence-electron chi connectivity index (χ2n) is 2.34. The van der Waals surface area contributed by atoms with E-state index in [0.29, 0.717) is 0 Å². The SMILES string of the molecule is C=CC(/C=C/C(C)=O)=C\C=C/C.CC. The summed E-state index contributed by atoms with van der Waals surface area (Å²) in [4.78, 5) is 10.6. The molecule has 0 aliphatic heterocycles. The molecule has 0 aromatic carbocycles. The summed E-state index contributed by atoms with van der Waals surface area (Å²) in [6, 6.07) is 0. The Morgan fingerprint density at radius 1 is 1.21 bits per heavy atom. The summed E-state index contributed by atoms with van der Waals surface area (Å²) in [5, 5.41) is 0. The highest BCUT2D eigenvalue weighted by Gasteiger charge is 1.84. The first-order valence-electron chi connectivity index (χ1n) is 4.84. The molecular formula is C13H20O. The number of allylic oxidation sites excluding steroid dienone is 7. The highest BCUT2D eigenvalue weighted by atomic mass is 16.1. The number of hydrogen-bond donors (Lipinski definition) is 0. The van der Waals surface area contributed by atoms with E-state index in [1.165, 1.54) is 13.0 Å². The second kappa shape index (κ2) is 11.6. The van der Waals surface area contributed by atoms with Crippen LogP contribution in [0.2, 0.25) is 0 Å². The summed E-state index contributed by atoms with van der Waals surface area (Å²) in [5.74, 6) is 0.0447. The molecule has 0 aromatic rings. The van der Waals surface area contributed by atoms with Gasteiger partial charge in [0.05, 0.1) is 0 Å². The van der Waals surface area contributed by atoms with Gasteiger partial charge in [-0.1, -0.05) is 50.8 Å². The van der Waals surface area contributed by atoms with Crippen LogP contribution in [-0.4, -0.2) is 5.78 Å². The smallest absolute Gasteiger partial charge is 0.152 e. The average Bonchev–Trinajstić information content (AvgIpc) is 2.21. The van der Waals surface area contributed by atoms with Crippen LogP contribution in [0.1, 0.15) is 27.7 Å². The van der Waals surface area contributed by atoms with Gasteiger partial charge in [-0.05, 0) is 25.5 Å². The number of hydrogen-bond acceptors (Lipinski definition) is 1. The Hall–Kier alpha value is -1.37. The molecule has 1 nitrogen and oxygen atoms in total. The third-order valence-corrected chi connectivity index (χ3v) is 1.23. The Balaban J connectivity index is 0. The summed E-state index contributed by atoms with van der Waals surface area (Å²) in [7, 11) is 0. The second-order valence-corrected chi connectivity index (χ2v) is 2.34. The Labute approximate surface area is 87.5 Å². The molecule has 0 atom stereocenters. The monoisotopic (exact) mass is 192 g/mol. The molecule has 0 spiro atoms.